The Kier molecular flexibility index (Phi) is 4.49. The molecule has 0 saturated heterocycles. The third kappa shape index (κ3) is 3.55. The lowest BCUT2D eigenvalue weighted by Crippen LogP contribution is -2.00. The minimum Gasteiger partial charge on any atom is -0.488 e. The maximum atomic E-state index is 13.3. The Labute approximate surface area is 124 Å². The Morgan fingerprint density at radius 1 is 1.33 bits per heavy atom. The second kappa shape index (κ2) is 6.32. The zero-order chi connectivity index (χ0) is 15.4. The lowest BCUT2D eigenvalue weighted by molar-refractivity contribution is -0.385. The highest BCUT2D eigenvalue weighted by Gasteiger charge is 2.12. The summed E-state index contributed by atoms with van der Waals surface area (Å²) in [6.07, 6.45) is 0.547. The molecule has 2 aromatic rings. The quantitative estimate of drug-likeness (QED) is 0.479. The van der Waals surface area contributed by atoms with E-state index in [-0.39, 0.29) is 34.2 Å². The van der Waals surface area contributed by atoms with Crippen molar-refractivity contribution in [2.45, 2.75) is 6.61 Å². The number of benzene rings is 2. The summed E-state index contributed by atoms with van der Waals surface area (Å²) in [4.78, 5) is 20.9. The van der Waals surface area contributed by atoms with Gasteiger partial charge in [-0.15, -0.1) is 0 Å². The first-order chi connectivity index (χ1) is 10.0. The van der Waals surface area contributed by atoms with Gasteiger partial charge >= 0.3 is 0 Å². The van der Waals surface area contributed by atoms with Crippen LogP contribution in [0.2, 0.25) is 5.02 Å². The monoisotopic (exact) mass is 309 g/mol. The van der Waals surface area contributed by atoms with Gasteiger partial charge < -0.3 is 4.74 Å². The Morgan fingerprint density at radius 3 is 2.76 bits per heavy atom. The van der Waals surface area contributed by atoms with Gasteiger partial charge in [-0.2, -0.15) is 0 Å². The first-order valence-corrected chi connectivity index (χ1v) is 6.19. The average molecular weight is 310 g/mol. The summed E-state index contributed by atoms with van der Waals surface area (Å²) in [6.45, 7) is -0.125. The lowest BCUT2D eigenvalue weighted by Gasteiger charge is -2.09. The van der Waals surface area contributed by atoms with Crippen LogP contribution in [-0.4, -0.2) is 11.2 Å². The number of hydrogen-bond acceptors (Lipinski definition) is 4. The molecule has 0 unspecified atom stereocenters. The highest BCUT2D eigenvalue weighted by molar-refractivity contribution is 6.33. The van der Waals surface area contributed by atoms with Crippen LogP contribution < -0.4 is 4.74 Å². The van der Waals surface area contributed by atoms with E-state index < -0.39 is 10.7 Å². The third-order valence-electron chi connectivity index (χ3n) is 2.68. The summed E-state index contributed by atoms with van der Waals surface area (Å²) in [5, 5.41) is 10.9. The molecule has 21 heavy (non-hydrogen) atoms. The van der Waals surface area contributed by atoms with Crippen molar-refractivity contribution in [1.29, 1.82) is 0 Å². The second-order valence-corrected chi connectivity index (χ2v) is 4.54. The lowest BCUT2D eigenvalue weighted by atomic mass is 10.2. The maximum absolute atomic E-state index is 13.3. The van der Waals surface area contributed by atoms with Crippen LogP contribution in [0.25, 0.3) is 0 Å². The van der Waals surface area contributed by atoms with Crippen LogP contribution in [0, 0.1) is 15.9 Å². The molecule has 0 aromatic heterocycles. The van der Waals surface area contributed by atoms with Crippen LogP contribution in [0.5, 0.6) is 5.75 Å². The summed E-state index contributed by atoms with van der Waals surface area (Å²) in [5.41, 5.74) is 0.0823. The number of non-ortho nitro benzene ring substituents is 1. The number of nitrogens with zero attached hydrogens (tertiary/aromatic N) is 1. The summed E-state index contributed by atoms with van der Waals surface area (Å²) >= 11 is 5.84. The van der Waals surface area contributed by atoms with E-state index in [1.165, 1.54) is 18.2 Å². The van der Waals surface area contributed by atoms with Gasteiger partial charge in [0.05, 0.1) is 21.6 Å². The minimum atomic E-state index is -0.732. The van der Waals surface area contributed by atoms with Crippen LogP contribution in [0.4, 0.5) is 10.1 Å². The molecular weight excluding hydrogens is 301 g/mol. The van der Waals surface area contributed by atoms with E-state index in [0.717, 1.165) is 12.1 Å². The van der Waals surface area contributed by atoms with E-state index in [0.29, 0.717) is 6.29 Å². The number of rotatable bonds is 5. The molecule has 2 aromatic carbocycles. The zero-order valence-corrected chi connectivity index (χ0v) is 11.3. The predicted molar refractivity (Wildman–Crippen MR) is 74.2 cm³/mol. The number of nitro groups is 1. The normalized spacial score (nSPS) is 10.2. The van der Waals surface area contributed by atoms with Crippen molar-refractivity contribution in [1.82, 2.24) is 0 Å². The summed E-state index contributed by atoms with van der Waals surface area (Å²) in [7, 11) is 0. The molecule has 2 rings (SSSR count). The molecule has 0 saturated carbocycles. The topological polar surface area (TPSA) is 69.4 Å². The van der Waals surface area contributed by atoms with Crippen molar-refractivity contribution in [2.24, 2.45) is 0 Å². The van der Waals surface area contributed by atoms with Crippen molar-refractivity contribution in [2.75, 3.05) is 0 Å². The number of hydrogen-bond donors (Lipinski definition) is 0. The number of halogens is 2. The molecule has 0 atom stereocenters. The van der Waals surface area contributed by atoms with Gasteiger partial charge in [0, 0.05) is 6.07 Å². The third-order valence-corrected chi connectivity index (χ3v) is 3.01. The standard InChI is InChI=1S/C14H9ClFNO4/c15-13-2-1-3-14(12(13)7-18)21-8-9-4-10(16)6-11(5-9)17(19)20/h1-7H,8H2. The van der Waals surface area contributed by atoms with E-state index in [9.17, 15) is 19.3 Å². The van der Waals surface area contributed by atoms with Crippen molar-refractivity contribution in [3.8, 4) is 5.75 Å². The Morgan fingerprint density at radius 2 is 2.10 bits per heavy atom. The fraction of sp³-hybridized carbons (Fsp3) is 0.0714. The van der Waals surface area contributed by atoms with Crippen molar-refractivity contribution < 1.29 is 18.8 Å². The number of aldehydes is 1. The molecular formula is C14H9ClFNO4. The molecule has 108 valence electrons. The molecule has 5 nitrogen and oxygen atoms in total. The molecule has 0 radical (unpaired) electrons. The molecule has 0 aliphatic carbocycles. The first-order valence-electron chi connectivity index (χ1n) is 5.81. The molecule has 0 spiro atoms. The van der Waals surface area contributed by atoms with Crippen LogP contribution in [0.3, 0.4) is 0 Å². The number of carbonyl (C=O) groups excluding carboxylic acids is 1. The first kappa shape index (κ1) is 14.9. The second-order valence-electron chi connectivity index (χ2n) is 4.13. The molecule has 0 heterocycles. The van der Waals surface area contributed by atoms with Crippen LogP contribution in [0.1, 0.15) is 15.9 Å². The zero-order valence-electron chi connectivity index (χ0n) is 10.6. The number of carbonyl (C=O) groups is 1. The van der Waals surface area contributed by atoms with Crippen LogP contribution in [0.15, 0.2) is 36.4 Å². The van der Waals surface area contributed by atoms with Gasteiger partial charge in [-0.25, -0.2) is 4.39 Å². The van der Waals surface area contributed by atoms with Gasteiger partial charge in [-0.05, 0) is 23.8 Å². The molecule has 0 aliphatic rings. The highest BCUT2D eigenvalue weighted by Crippen LogP contribution is 2.26. The summed E-state index contributed by atoms with van der Waals surface area (Å²) < 4.78 is 18.7. The van der Waals surface area contributed by atoms with Crippen molar-refractivity contribution in [3.05, 3.63) is 68.5 Å². The number of nitro benzene ring substituents is 1. The van der Waals surface area contributed by atoms with Gasteiger partial charge in [0.1, 0.15) is 18.2 Å². The van der Waals surface area contributed by atoms with E-state index in [1.807, 2.05) is 0 Å². The molecule has 0 fully saturated rings. The Bertz CT molecular complexity index is 705. The molecule has 0 N–H and O–H groups in total. The SMILES string of the molecule is O=Cc1c(Cl)cccc1OCc1cc(F)cc([N+](=O)[O-])c1. The Balaban J connectivity index is 2.23. The van der Waals surface area contributed by atoms with Gasteiger partial charge in [0.2, 0.25) is 0 Å². The maximum Gasteiger partial charge on any atom is 0.272 e. The average Bonchev–Trinajstić information content (AvgIpc) is 2.44. The van der Waals surface area contributed by atoms with Gasteiger partial charge in [-0.1, -0.05) is 17.7 Å². The van der Waals surface area contributed by atoms with E-state index in [2.05, 4.69) is 0 Å². The minimum absolute atomic E-state index is 0.125. The largest absolute Gasteiger partial charge is 0.488 e. The predicted octanol–water partition coefficient (Wildman–Crippen LogP) is 3.78. The highest BCUT2D eigenvalue weighted by atomic mass is 35.5. The van der Waals surface area contributed by atoms with Gasteiger partial charge in [0.25, 0.3) is 5.69 Å². The Hall–Kier alpha value is -2.47. The fourth-order valence-corrected chi connectivity index (χ4v) is 1.95. The molecule has 0 bridgehead atoms. The van der Waals surface area contributed by atoms with E-state index in [1.54, 1.807) is 6.07 Å². The van der Waals surface area contributed by atoms with Gasteiger partial charge in [-0.3, -0.25) is 14.9 Å². The summed E-state index contributed by atoms with van der Waals surface area (Å²) in [6, 6.07) is 7.80. The summed E-state index contributed by atoms with van der Waals surface area (Å²) in [5.74, 6) is -0.506. The van der Waals surface area contributed by atoms with E-state index >= 15 is 0 Å². The van der Waals surface area contributed by atoms with Crippen molar-refractivity contribution >= 4 is 23.6 Å². The fourth-order valence-electron chi connectivity index (χ4n) is 1.74. The molecule has 7 heteroatoms. The van der Waals surface area contributed by atoms with Crippen molar-refractivity contribution in [3.63, 3.8) is 0 Å². The smallest absolute Gasteiger partial charge is 0.272 e. The molecule has 0 amide bonds. The van der Waals surface area contributed by atoms with Crippen LogP contribution in [-0.2, 0) is 6.61 Å². The molecule has 0 aliphatic heterocycles. The van der Waals surface area contributed by atoms with E-state index in [4.69, 9.17) is 16.3 Å². The number of ether oxygens (including phenoxy) is 1. The van der Waals surface area contributed by atoms with Crippen LogP contribution >= 0.6 is 11.6 Å². The van der Waals surface area contributed by atoms with Gasteiger partial charge in [0.15, 0.2) is 6.29 Å².